The van der Waals surface area contributed by atoms with E-state index in [1.807, 2.05) is 24.3 Å². The topological polar surface area (TPSA) is 64.8 Å². The van der Waals surface area contributed by atoms with Crippen molar-refractivity contribution in [1.29, 1.82) is 0 Å². The molecule has 1 heterocycles. The molecule has 1 fully saturated rings. The van der Waals surface area contributed by atoms with E-state index in [4.69, 9.17) is 15.2 Å². The number of carbonyl (C=O) groups excluding carboxylic acids is 1. The Kier molecular flexibility index (Phi) is 6.12. The van der Waals surface area contributed by atoms with Gasteiger partial charge in [-0.2, -0.15) is 0 Å². The number of ether oxygens (including phenoxy) is 2. The van der Waals surface area contributed by atoms with Crippen molar-refractivity contribution in [2.45, 2.75) is 31.8 Å². The summed E-state index contributed by atoms with van der Waals surface area (Å²) in [6, 6.07) is 16.6. The van der Waals surface area contributed by atoms with Crippen LogP contribution in [-0.2, 0) is 11.3 Å². The second-order valence-electron chi connectivity index (χ2n) is 6.66. The SMILES string of the molecule is COc1cccc([C@H]2CCCCN2Cc2cccc(OCC(N)=O)c2)c1. The van der Waals surface area contributed by atoms with Gasteiger partial charge in [0.25, 0.3) is 5.91 Å². The van der Waals surface area contributed by atoms with E-state index in [1.54, 1.807) is 7.11 Å². The summed E-state index contributed by atoms with van der Waals surface area (Å²) >= 11 is 0. The summed E-state index contributed by atoms with van der Waals surface area (Å²) in [6.07, 6.45) is 3.59. The number of amides is 1. The Bertz CT molecular complexity index is 748. The molecule has 0 saturated carbocycles. The van der Waals surface area contributed by atoms with Crippen LogP contribution in [0.1, 0.15) is 36.4 Å². The maximum Gasteiger partial charge on any atom is 0.255 e. The maximum atomic E-state index is 10.9. The highest BCUT2D eigenvalue weighted by Crippen LogP contribution is 2.33. The summed E-state index contributed by atoms with van der Waals surface area (Å²) < 4.78 is 10.8. The van der Waals surface area contributed by atoms with Crippen molar-refractivity contribution < 1.29 is 14.3 Å². The lowest BCUT2D eigenvalue weighted by molar-refractivity contribution is -0.119. The van der Waals surface area contributed by atoms with Gasteiger partial charge in [0.1, 0.15) is 11.5 Å². The minimum Gasteiger partial charge on any atom is -0.497 e. The van der Waals surface area contributed by atoms with E-state index in [9.17, 15) is 4.79 Å². The lowest BCUT2D eigenvalue weighted by atomic mass is 9.94. The molecule has 2 N–H and O–H groups in total. The molecule has 1 saturated heterocycles. The van der Waals surface area contributed by atoms with Crippen LogP contribution in [0, 0.1) is 0 Å². The Labute approximate surface area is 154 Å². The fourth-order valence-corrected chi connectivity index (χ4v) is 3.53. The van der Waals surface area contributed by atoms with Crippen molar-refractivity contribution >= 4 is 5.91 Å². The van der Waals surface area contributed by atoms with Gasteiger partial charge in [0, 0.05) is 12.6 Å². The van der Waals surface area contributed by atoms with Crippen LogP contribution in [0.2, 0.25) is 0 Å². The standard InChI is InChI=1S/C21H26N2O3/c1-25-18-8-5-7-17(13-18)20-10-2-3-11-23(20)14-16-6-4-9-19(12-16)26-15-21(22)24/h4-9,12-13,20H,2-3,10-11,14-15H2,1H3,(H2,22,24)/t20-/m1/s1. The van der Waals surface area contributed by atoms with Crippen LogP contribution < -0.4 is 15.2 Å². The molecule has 0 bridgehead atoms. The maximum absolute atomic E-state index is 10.9. The van der Waals surface area contributed by atoms with E-state index in [0.29, 0.717) is 11.8 Å². The summed E-state index contributed by atoms with van der Waals surface area (Å²) in [6.45, 7) is 1.81. The number of hydrogen-bond acceptors (Lipinski definition) is 4. The molecule has 3 rings (SSSR count). The number of methoxy groups -OCH3 is 1. The van der Waals surface area contributed by atoms with E-state index in [-0.39, 0.29) is 6.61 Å². The number of primary amides is 1. The number of rotatable bonds is 7. The van der Waals surface area contributed by atoms with Crippen LogP contribution in [0.15, 0.2) is 48.5 Å². The molecule has 0 spiro atoms. The molecule has 2 aromatic rings. The van der Waals surface area contributed by atoms with E-state index >= 15 is 0 Å². The van der Waals surface area contributed by atoms with Crippen molar-refractivity contribution in [1.82, 2.24) is 4.90 Å². The van der Waals surface area contributed by atoms with Crippen LogP contribution in [-0.4, -0.2) is 31.1 Å². The minimum atomic E-state index is -0.468. The molecule has 1 amide bonds. The number of hydrogen-bond donors (Lipinski definition) is 1. The first-order chi connectivity index (χ1) is 12.7. The summed E-state index contributed by atoms with van der Waals surface area (Å²) in [5.41, 5.74) is 7.62. The predicted octanol–water partition coefficient (Wildman–Crippen LogP) is 3.29. The molecule has 1 aliphatic rings. The first-order valence-electron chi connectivity index (χ1n) is 9.04. The number of benzene rings is 2. The van der Waals surface area contributed by atoms with E-state index in [0.717, 1.165) is 25.3 Å². The van der Waals surface area contributed by atoms with Gasteiger partial charge in [0.05, 0.1) is 7.11 Å². The number of nitrogens with zero attached hydrogens (tertiary/aromatic N) is 1. The van der Waals surface area contributed by atoms with Gasteiger partial charge < -0.3 is 15.2 Å². The Morgan fingerprint density at radius 3 is 2.77 bits per heavy atom. The molecule has 1 atom stereocenters. The highest BCUT2D eigenvalue weighted by atomic mass is 16.5. The molecule has 0 unspecified atom stereocenters. The fraction of sp³-hybridized carbons (Fsp3) is 0.381. The summed E-state index contributed by atoms with van der Waals surface area (Å²) in [7, 11) is 1.70. The zero-order chi connectivity index (χ0) is 18.4. The van der Waals surface area contributed by atoms with Crippen molar-refractivity contribution in [3.8, 4) is 11.5 Å². The van der Waals surface area contributed by atoms with Gasteiger partial charge in [-0.05, 0) is 54.8 Å². The minimum absolute atomic E-state index is 0.0976. The third-order valence-electron chi connectivity index (χ3n) is 4.76. The summed E-state index contributed by atoms with van der Waals surface area (Å²) in [5.74, 6) is 1.11. The fourth-order valence-electron chi connectivity index (χ4n) is 3.53. The van der Waals surface area contributed by atoms with Crippen molar-refractivity contribution in [3.63, 3.8) is 0 Å². The quantitative estimate of drug-likeness (QED) is 0.829. The average molecular weight is 354 g/mol. The molecular weight excluding hydrogens is 328 g/mol. The zero-order valence-corrected chi connectivity index (χ0v) is 15.2. The molecule has 26 heavy (non-hydrogen) atoms. The van der Waals surface area contributed by atoms with E-state index < -0.39 is 5.91 Å². The first-order valence-corrected chi connectivity index (χ1v) is 9.04. The average Bonchev–Trinajstić information content (AvgIpc) is 2.67. The second kappa shape index (κ2) is 8.72. The van der Waals surface area contributed by atoms with Crippen LogP contribution in [0.3, 0.4) is 0 Å². The smallest absolute Gasteiger partial charge is 0.255 e. The molecule has 0 aliphatic carbocycles. The lowest BCUT2D eigenvalue weighted by Gasteiger charge is -2.36. The van der Waals surface area contributed by atoms with Gasteiger partial charge in [0.15, 0.2) is 6.61 Å². The Morgan fingerprint density at radius 2 is 1.96 bits per heavy atom. The Balaban J connectivity index is 1.74. The largest absolute Gasteiger partial charge is 0.497 e. The predicted molar refractivity (Wildman–Crippen MR) is 101 cm³/mol. The molecule has 138 valence electrons. The monoisotopic (exact) mass is 354 g/mol. The summed E-state index contributed by atoms with van der Waals surface area (Å²) in [5, 5.41) is 0. The van der Waals surface area contributed by atoms with Gasteiger partial charge in [-0.25, -0.2) is 0 Å². The van der Waals surface area contributed by atoms with E-state index in [2.05, 4.69) is 29.2 Å². The normalized spacial score (nSPS) is 17.7. The van der Waals surface area contributed by atoms with Crippen LogP contribution in [0.25, 0.3) is 0 Å². The van der Waals surface area contributed by atoms with Crippen molar-refractivity contribution in [2.75, 3.05) is 20.3 Å². The number of likely N-dealkylation sites (tertiary alicyclic amines) is 1. The third-order valence-corrected chi connectivity index (χ3v) is 4.76. The number of piperidine rings is 1. The van der Waals surface area contributed by atoms with Gasteiger partial charge >= 0.3 is 0 Å². The van der Waals surface area contributed by atoms with Crippen molar-refractivity contribution in [2.24, 2.45) is 5.73 Å². The highest BCUT2D eigenvalue weighted by Gasteiger charge is 2.24. The van der Waals surface area contributed by atoms with Crippen molar-refractivity contribution in [3.05, 3.63) is 59.7 Å². The first kappa shape index (κ1) is 18.3. The molecule has 0 radical (unpaired) electrons. The molecule has 5 nitrogen and oxygen atoms in total. The Morgan fingerprint density at radius 1 is 1.15 bits per heavy atom. The van der Waals surface area contributed by atoms with E-state index in [1.165, 1.54) is 24.0 Å². The molecule has 1 aliphatic heterocycles. The Hall–Kier alpha value is -2.53. The molecule has 0 aromatic heterocycles. The second-order valence-corrected chi connectivity index (χ2v) is 6.66. The van der Waals surface area contributed by atoms with Gasteiger partial charge in [0.2, 0.25) is 0 Å². The van der Waals surface area contributed by atoms with Gasteiger partial charge in [-0.1, -0.05) is 30.7 Å². The third kappa shape index (κ3) is 4.76. The van der Waals surface area contributed by atoms with Gasteiger partial charge in [-0.15, -0.1) is 0 Å². The molecule has 5 heteroatoms. The van der Waals surface area contributed by atoms with Crippen LogP contribution >= 0.6 is 0 Å². The highest BCUT2D eigenvalue weighted by molar-refractivity contribution is 5.75. The number of nitrogens with two attached hydrogens (primary N) is 1. The zero-order valence-electron chi connectivity index (χ0n) is 15.2. The van der Waals surface area contributed by atoms with Crippen LogP contribution in [0.5, 0.6) is 11.5 Å². The molecular formula is C21H26N2O3. The molecule has 2 aromatic carbocycles. The number of carbonyl (C=O) groups is 1. The lowest BCUT2D eigenvalue weighted by Crippen LogP contribution is -2.32. The van der Waals surface area contributed by atoms with Crippen LogP contribution in [0.4, 0.5) is 0 Å². The van der Waals surface area contributed by atoms with Gasteiger partial charge in [-0.3, -0.25) is 9.69 Å². The summed E-state index contributed by atoms with van der Waals surface area (Å²) in [4.78, 5) is 13.4.